The van der Waals surface area contributed by atoms with Crippen molar-refractivity contribution in [2.75, 3.05) is 11.9 Å². The van der Waals surface area contributed by atoms with Gasteiger partial charge in [-0.15, -0.1) is 0 Å². The molecule has 6 nitrogen and oxygen atoms in total. The molecule has 3 N–H and O–H groups in total. The Hall–Kier alpha value is -1.82. The van der Waals surface area contributed by atoms with Gasteiger partial charge < -0.3 is 20.3 Å². The minimum absolute atomic E-state index is 0.116. The summed E-state index contributed by atoms with van der Waals surface area (Å²) in [6, 6.07) is 1.13. The van der Waals surface area contributed by atoms with Gasteiger partial charge in [0.1, 0.15) is 0 Å². The predicted octanol–water partition coefficient (Wildman–Crippen LogP) is 0.976. The first-order chi connectivity index (χ1) is 8.93. The Bertz CT molecular complexity index is 496. The SMILES string of the molecule is CCC(O)CCNC(=O)Nc1cn(C)c(=O)cc1C. The molecule has 0 radical (unpaired) electrons. The molecule has 0 bridgehead atoms. The minimum Gasteiger partial charge on any atom is -0.393 e. The van der Waals surface area contributed by atoms with E-state index >= 15 is 0 Å². The number of aromatic nitrogens is 1. The maximum atomic E-state index is 11.6. The van der Waals surface area contributed by atoms with E-state index in [1.54, 1.807) is 20.2 Å². The summed E-state index contributed by atoms with van der Waals surface area (Å²) in [5.41, 5.74) is 1.19. The maximum absolute atomic E-state index is 11.6. The van der Waals surface area contributed by atoms with E-state index in [1.807, 2.05) is 6.92 Å². The van der Waals surface area contributed by atoms with E-state index in [0.717, 1.165) is 0 Å². The van der Waals surface area contributed by atoms with Crippen LogP contribution in [0.3, 0.4) is 0 Å². The molecule has 0 aliphatic heterocycles. The van der Waals surface area contributed by atoms with Crippen molar-refractivity contribution in [1.82, 2.24) is 9.88 Å². The van der Waals surface area contributed by atoms with Gasteiger partial charge in [-0.05, 0) is 25.3 Å². The van der Waals surface area contributed by atoms with Crippen LogP contribution in [0.1, 0.15) is 25.3 Å². The molecule has 1 atom stereocenters. The Labute approximate surface area is 112 Å². The van der Waals surface area contributed by atoms with Crippen LogP contribution < -0.4 is 16.2 Å². The third-order valence-electron chi connectivity index (χ3n) is 2.92. The molecule has 106 valence electrons. The summed E-state index contributed by atoms with van der Waals surface area (Å²) in [6.07, 6.45) is 2.39. The first kappa shape index (κ1) is 15.2. The summed E-state index contributed by atoms with van der Waals surface area (Å²) in [6.45, 7) is 4.06. The average molecular weight is 267 g/mol. The van der Waals surface area contributed by atoms with Gasteiger partial charge in [-0.3, -0.25) is 4.79 Å². The summed E-state index contributed by atoms with van der Waals surface area (Å²) >= 11 is 0. The number of pyridine rings is 1. The number of carbonyl (C=O) groups is 1. The molecular formula is C13H21N3O3. The van der Waals surface area contributed by atoms with Crippen LogP contribution in [0.5, 0.6) is 0 Å². The lowest BCUT2D eigenvalue weighted by Crippen LogP contribution is -2.32. The zero-order chi connectivity index (χ0) is 14.4. The van der Waals surface area contributed by atoms with E-state index in [1.165, 1.54) is 10.6 Å². The third kappa shape index (κ3) is 4.75. The van der Waals surface area contributed by atoms with Gasteiger partial charge in [-0.1, -0.05) is 6.92 Å². The molecular weight excluding hydrogens is 246 g/mol. The van der Waals surface area contributed by atoms with Gasteiger partial charge in [0, 0.05) is 25.9 Å². The molecule has 0 aromatic carbocycles. The maximum Gasteiger partial charge on any atom is 0.319 e. The average Bonchev–Trinajstić information content (AvgIpc) is 2.35. The molecule has 1 heterocycles. The summed E-state index contributed by atoms with van der Waals surface area (Å²) in [4.78, 5) is 23.0. The second kappa shape index (κ2) is 6.94. The van der Waals surface area contributed by atoms with Crippen molar-refractivity contribution >= 4 is 11.7 Å². The Morgan fingerprint density at radius 2 is 2.21 bits per heavy atom. The fourth-order valence-corrected chi connectivity index (χ4v) is 1.58. The topological polar surface area (TPSA) is 83.4 Å². The highest BCUT2D eigenvalue weighted by atomic mass is 16.3. The number of aliphatic hydroxyl groups is 1. The summed E-state index contributed by atoms with van der Waals surface area (Å²) in [5.74, 6) is 0. The standard InChI is InChI=1S/C13H21N3O3/c1-4-10(17)5-6-14-13(19)15-11-8-16(3)12(18)7-9(11)2/h7-8,10,17H,4-6H2,1-3H3,(H2,14,15,19). The lowest BCUT2D eigenvalue weighted by atomic mass is 10.2. The third-order valence-corrected chi connectivity index (χ3v) is 2.92. The molecule has 1 aromatic rings. The lowest BCUT2D eigenvalue weighted by molar-refractivity contribution is 0.160. The molecule has 1 rings (SSSR count). The molecule has 0 spiro atoms. The normalized spacial score (nSPS) is 12.0. The van der Waals surface area contributed by atoms with Crippen molar-refractivity contribution in [2.45, 2.75) is 32.8 Å². The molecule has 2 amide bonds. The van der Waals surface area contributed by atoms with Gasteiger partial charge in [0.15, 0.2) is 0 Å². The van der Waals surface area contributed by atoms with Crippen LogP contribution in [-0.4, -0.2) is 28.4 Å². The predicted molar refractivity (Wildman–Crippen MR) is 74.4 cm³/mol. The highest BCUT2D eigenvalue weighted by Gasteiger charge is 2.07. The number of carbonyl (C=O) groups excluding carboxylic acids is 1. The number of aryl methyl sites for hydroxylation is 2. The van der Waals surface area contributed by atoms with Gasteiger partial charge >= 0.3 is 6.03 Å². The van der Waals surface area contributed by atoms with Crippen LogP contribution in [-0.2, 0) is 7.05 Å². The molecule has 19 heavy (non-hydrogen) atoms. The van der Waals surface area contributed by atoms with Crippen molar-refractivity contribution in [3.05, 3.63) is 28.2 Å². The van der Waals surface area contributed by atoms with Crippen molar-refractivity contribution in [3.8, 4) is 0 Å². The molecule has 1 aromatic heterocycles. The van der Waals surface area contributed by atoms with E-state index in [4.69, 9.17) is 0 Å². The number of amides is 2. The van der Waals surface area contributed by atoms with E-state index in [9.17, 15) is 14.7 Å². The fourth-order valence-electron chi connectivity index (χ4n) is 1.58. The van der Waals surface area contributed by atoms with Crippen LogP contribution in [0, 0.1) is 6.92 Å². The van der Waals surface area contributed by atoms with Crippen LogP contribution >= 0.6 is 0 Å². The van der Waals surface area contributed by atoms with E-state index in [-0.39, 0.29) is 17.7 Å². The quantitative estimate of drug-likeness (QED) is 0.743. The van der Waals surface area contributed by atoms with Gasteiger partial charge in [-0.2, -0.15) is 0 Å². The number of hydrogen-bond acceptors (Lipinski definition) is 3. The Kier molecular flexibility index (Phi) is 5.57. The second-order valence-electron chi connectivity index (χ2n) is 4.55. The number of hydrogen-bond donors (Lipinski definition) is 3. The monoisotopic (exact) mass is 267 g/mol. The van der Waals surface area contributed by atoms with Crippen molar-refractivity contribution in [1.29, 1.82) is 0 Å². The number of anilines is 1. The second-order valence-corrected chi connectivity index (χ2v) is 4.55. The number of aliphatic hydroxyl groups excluding tert-OH is 1. The van der Waals surface area contributed by atoms with E-state index in [0.29, 0.717) is 30.6 Å². The molecule has 0 fully saturated rings. The molecule has 6 heteroatoms. The molecule has 0 saturated heterocycles. The molecule has 0 saturated carbocycles. The zero-order valence-corrected chi connectivity index (χ0v) is 11.6. The molecule has 1 unspecified atom stereocenters. The fraction of sp³-hybridized carbons (Fsp3) is 0.538. The first-order valence-electron chi connectivity index (χ1n) is 6.34. The highest BCUT2D eigenvalue weighted by molar-refractivity contribution is 5.89. The van der Waals surface area contributed by atoms with Crippen molar-refractivity contribution < 1.29 is 9.90 Å². The van der Waals surface area contributed by atoms with Gasteiger partial charge in [0.25, 0.3) is 5.56 Å². The van der Waals surface area contributed by atoms with Crippen LogP contribution in [0.4, 0.5) is 10.5 Å². The Morgan fingerprint density at radius 1 is 1.53 bits per heavy atom. The summed E-state index contributed by atoms with van der Waals surface area (Å²) < 4.78 is 1.41. The zero-order valence-electron chi connectivity index (χ0n) is 11.6. The largest absolute Gasteiger partial charge is 0.393 e. The minimum atomic E-state index is -0.389. The van der Waals surface area contributed by atoms with Gasteiger partial charge in [-0.25, -0.2) is 4.79 Å². The number of urea groups is 1. The van der Waals surface area contributed by atoms with Crippen LogP contribution in [0.25, 0.3) is 0 Å². The number of rotatable bonds is 5. The molecule has 0 aliphatic carbocycles. The van der Waals surface area contributed by atoms with Crippen molar-refractivity contribution in [2.24, 2.45) is 7.05 Å². The molecule has 0 aliphatic rings. The van der Waals surface area contributed by atoms with E-state index in [2.05, 4.69) is 10.6 Å². The summed E-state index contributed by atoms with van der Waals surface area (Å²) in [5, 5.41) is 14.7. The van der Waals surface area contributed by atoms with Crippen LogP contribution in [0.15, 0.2) is 17.1 Å². The van der Waals surface area contributed by atoms with Crippen molar-refractivity contribution in [3.63, 3.8) is 0 Å². The number of nitrogens with zero attached hydrogens (tertiary/aromatic N) is 1. The lowest BCUT2D eigenvalue weighted by Gasteiger charge is -2.12. The van der Waals surface area contributed by atoms with Crippen LogP contribution in [0.2, 0.25) is 0 Å². The van der Waals surface area contributed by atoms with E-state index < -0.39 is 0 Å². The smallest absolute Gasteiger partial charge is 0.319 e. The van der Waals surface area contributed by atoms with Gasteiger partial charge in [0.2, 0.25) is 0 Å². The first-order valence-corrected chi connectivity index (χ1v) is 6.34. The Morgan fingerprint density at radius 3 is 2.84 bits per heavy atom. The number of nitrogens with one attached hydrogen (secondary N) is 2. The van der Waals surface area contributed by atoms with Gasteiger partial charge in [0.05, 0.1) is 11.8 Å². The summed E-state index contributed by atoms with van der Waals surface area (Å²) in [7, 11) is 1.63. The highest BCUT2D eigenvalue weighted by Crippen LogP contribution is 2.10. The Balaban J connectivity index is 2.53.